The third kappa shape index (κ3) is 4.42. The average molecular weight is 549 g/mol. The average Bonchev–Trinajstić information content (AvgIpc) is 3.01. The Labute approximate surface area is 243 Å². The predicted molar refractivity (Wildman–Crippen MR) is 166 cm³/mol. The van der Waals surface area contributed by atoms with Gasteiger partial charge in [0, 0.05) is 0 Å². The maximum atomic E-state index is 11.6. The van der Waals surface area contributed by atoms with E-state index in [2.05, 4.69) is 84.9 Å². The number of fused-ring (bicyclic) bond motifs is 2. The van der Waals surface area contributed by atoms with Crippen molar-refractivity contribution in [2.45, 2.75) is 23.7 Å². The summed E-state index contributed by atoms with van der Waals surface area (Å²) in [5.74, 6) is -1.03. The summed E-state index contributed by atoms with van der Waals surface area (Å²) in [5.41, 5.74) is 5.59. The molecule has 0 amide bonds. The highest BCUT2D eigenvalue weighted by Crippen LogP contribution is 2.66. The van der Waals surface area contributed by atoms with Crippen molar-refractivity contribution in [3.63, 3.8) is 0 Å². The molecule has 1 aliphatic carbocycles. The number of carboxylic acids is 2. The lowest BCUT2D eigenvalue weighted by Gasteiger charge is -2.54. The van der Waals surface area contributed by atoms with Crippen LogP contribution in [0.25, 0.3) is 21.5 Å². The lowest BCUT2D eigenvalue weighted by atomic mass is 9.49. The Kier molecular flexibility index (Phi) is 6.32. The molecule has 0 saturated heterocycles. The van der Waals surface area contributed by atoms with Gasteiger partial charge in [0.2, 0.25) is 0 Å². The van der Waals surface area contributed by atoms with Crippen molar-refractivity contribution in [3.05, 3.63) is 167 Å². The third-order valence-electron chi connectivity index (χ3n) is 8.91. The van der Waals surface area contributed by atoms with Crippen LogP contribution >= 0.6 is 0 Å². The lowest BCUT2D eigenvalue weighted by Crippen LogP contribution is -2.40. The number of benzene rings is 6. The zero-order valence-electron chi connectivity index (χ0n) is 22.7. The van der Waals surface area contributed by atoms with Crippen molar-refractivity contribution in [1.29, 1.82) is 0 Å². The number of hydrogen-bond acceptors (Lipinski definition) is 2. The van der Waals surface area contributed by atoms with E-state index in [1.807, 2.05) is 24.3 Å². The van der Waals surface area contributed by atoms with Crippen LogP contribution in [0.2, 0.25) is 0 Å². The first-order valence-electron chi connectivity index (χ1n) is 14.1. The molecule has 0 bridgehead atoms. The van der Waals surface area contributed by atoms with E-state index in [9.17, 15) is 19.8 Å². The summed E-state index contributed by atoms with van der Waals surface area (Å²) in [6.07, 6.45) is 0. The number of hydrogen-bond donors (Lipinski definition) is 2. The van der Waals surface area contributed by atoms with Gasteiger partial charge in [0.05, 0.1) is 11.1 Å². The van der Waals surface area contributed by atoms with Crippen LogP contribution in [0.3, 0.4) is 0 Å². The topological polar surface area (TPSA) is 74.6 Å². The van der Waals surface area contributed by atoms with Crippen molar-refractivity contribution in [2.75, 3.05) is 0 Å². The van der Waals surface area contributed by atoms with Crippen LogP contribution in [0, 0.1) is 0 Å². The molecule has 4 nitrogen and oxygen atoms in total. The van der Waals surface area contributed by atoms with Crippen LogP contribution in [-0.4, -0.2) is 22.2 Å². The molecule has 4 atom stereocenters. The molecular formula is C38H28O4. The van der Waals surface area contributed by atoms with Gasteiger partial charge in [-0.3, -0.25) is 0 Å². The molecule has 1 fully saturated rings. The highest BCUT2D eigenvalue weighted by atomic mass is 16.4. The second kappa shape index (κ2) is 10.3. The smallest absolute Gasteiger partial charge is 0.335 e. The fraction of sp³-hybridized carbons (Fsp3) is 0.105. The Bertz CT molecular complexity index is 1820. The van der Waals surface area contributed by atoms with Gasteiger partial charge in [0.15, 0.2) is 0 Å². The van der Waals surface area contributed by atoms with Gasteiger partial charge >= 0.3 is 11.9 Å². The first kappa shape index (κ1) is 25.7. The fourth-order valence-electron chi connectivity index (χ4n) is 6.97. The Hall–Kier alpha value is -5.22. The molecule has 0 radical (unpaired) electrons. The normalized spacial score (nSPS) is 19.8. The molecule has 7 rings (SSSR count). The van der Waals surface area contributed by atoms with Gasteiger partial charge in [-0.1, -0.05) is 109 Å². The molecule has 0 aliphatic heterocycles. The van der Waals surface area contributed by atoms with E-state index < -0.39 is 11.9 Å². The minimum Gasteiger partial charge on any atom is -0.478 e. The molecule has 0 heterocycles. The largest absolute Gasteiger partial charge is 0.478 e. The van der Waals surface area contributed by atoms with Gasteiger partial charge < -0.3 is 10.2 Å². The Morgan fingerprint density at radius 1 is 0.381 bits per heavy atom. The zero-order valence-corrected chi connectivity index (χ0v) is 22.7. The minimum atomic E-state index is -0.929. The minimum absolute atomic E-state index is 0.178. The number of aromatic carboxylic acids is 2. The summed E-state index contributed by atoms with van der Waals surface area (Å²) in [6, 6.07) is 44.8. The summed E-state index contributed by atoms with van der Waals surface area (Å²) in [5, 5.41) is 22.8. The fourth-order valence-corrected chi connectivity index (χ4v) is 6.97. The van der Waals surface area contributed by atoms with Gasteiger partial charge in [-0.15, -0.1) is 0 Å². The SMILES string of the molecule is O=C(O)c1ccc2cc(C3C(c4ccccc4)C(c4ccccc4)[C@@H]3c3ccc4cc(C(=O)O)ccc4c3)ccc2c1. The van der Waals surface area contributed by atoms with E-state index in [-0.39, 0.29) is 34.8 Å². The molecule has 42 heavy (non-hydrogen) atoms. The Morgan fingerprint density at radius 2 is 0.714 bits per heavy atom. The standard InChI is InChI=1S/C38H28O4/c39-37(40)31-17-13-25-19-29(15-11-27(25)21-31)35-33(23-7-3-1-4-8-23)34(24-9-5-2-6-10-24)36(35)30-16-12-28-22-32(38(41)42)18-14-26(28)20-30/h1-22,33-36H,(H,39,40)(H,41,42)/t33?,34?,35-,36?/m0/s1. The molecular weight excluding hydrogens is 520 g/mol. The van der Waals surface area contributed by atoms with E-state index in [4.69, 9.17) is 0 Å². The maximum absolute atomic E-state index is 11.6. The molecule has 6 aromatic rings. The van der Waals surface area contributed by atoms with E-state index in [1.165, 1.54) is 22.3 Å². The van der Waals surface area contributed by atoms with Crippen LogP contribution in [0.15, 0.2) is 133 Å². The number of carbonyl (C=O) groups is 2. The van der Waals surface area contributed by atoms with Crippen molar-refractivity contribution in [1.82, 2.24) is 0 Å². The maximum Gasteiger partial charge on any atom is 0.335 e. The van der Waals surface area contributed by atoms with Gasteiger partial charge in [-0.05, 0) is 91.7 Å². The molecule has 2 N–H and O–H groups in total. The molecule has 0 spiro atoms. The lowest BCUT2D eigenvalue weighted by molar-refractivity contribution is 0.0686. The monoisotopic (exact) mass is 548 g/mol. The van der Waals surface area contributed by atoms with Crippen LogP contribution in [0.5, 0.6) is 0 Å². The zero-order chi connectivity index (χ0) is 28.8. The van der Waals surface area contributed by atoms with Crippen molar-refractivity contribution in [3.8, 4) is 0 Å². The highest BCUT2D eigenvalue weighted by molar-refractivity contribution is 5.95. The third-order valence-corrected chi connectivity index (χ3v) is 8.91. The second-order valence-corrected chi connectivity index (χ2v) is 11.2. The van der Waals surface area contributed by atoms with Crippen LogP contribution in [0.1, 0.15) is 66.6 Å². The number of carboxylic acid groups (broad SMARTS) is 2. The molecule has 204 valence electrons. The number of rotatable bonds is 6. The van der Waals surface area contributed by atoms with Crippen LogP contribution < -0.4 is 0 Å². The van der Waals surface area contributed by atoms with Gasteiger partial charge in [-0.25, -0.2) is 9.59 Å². The first-order chi connectivity index (χ1) is 20.5. The van der Waals surface area contributed by atoms with Gasteiger partial charge in [0.1, 0.15) is 0 Å². The molecule has 0 aromatic heterocycles. The van der Waals surface area contributed by atoms with Crippen LogP contribution in [0.4, 0.5) is 0 Å². The Balaban J connectivity index is 1.40. The summed E-state index contributed by atoms with van der Waals surface area (Å²) in [4.78, 5) is 23.1. The van der Waals surface area contributed by atoms with Gasteiger partial charge in [0.25, 0.3) is 0 Å². The van der Waals surface area contributed by atoms with E-state index in [1.54, 1.807) is 24.3 Å². The molecule has 3 unspecified atom stereocenters. The molecule has 6 aromatic carbocycles. The second-order valence-electron chi connectivity index (χ2n) is 11.2. The molecule has 1 aliphatic rings. The molecule has 1 saturated carbocycles. The summed E-state index contributed by atoms with van der Waals surface area (Å²) < 4.78 is 0. The van der Waals surface area contributed by atoms with Gasteiger partial charge in [-0.2, -0.15) is 0 Å². The van der Waals surface area contributed by atoms with Crippen molar-refractivity contribution in [2.24, 2.45) is 0 Å². The van der Waals surface area contributed by atoms with Crippen molar-refractivity contribution < 1.29 is 19.8 Å². The first-order valence-corrected chi connectivity index (χ1v) is 14.1. The summed E-state index contributed by atoms with van der Waals surface area (Å²) in [7, 11) is 0. The highest BCUT2D eigenvalue weighted by Gasteiger charge is 2.52. The van der Waals surface area contributed by atoms with E-state index in [0.29, 0.717) is 0 Å². The van der Waals surface area contributed by atoms with E-state index in [0.717, 1.165) is 21.5 Å². The Morgan fingerprint density at radius 3 is 1.10 bits per heavy atom. The molecule has 4 heteroatoms. The quantitative estimate of drug-likeness (QED) is 0.218. The summed E-state index contributed by atoms with van der Waals surface area (Å²) in [6.45, 7) is 0. The van der Waals surface area contributed by atoms with Crippen molar-refractivity contribution >= 4 is 33.5 Å². The van der Waals surface area contributed by atoms with Crippen LogP contribution in [-0.2, 0) is 0 Å². The predicted octanol–water partition coefficient (Wildman–Crippen LogP) is 8.84. The van der Waals surface area contributed by atoms with E-state index >= 15 is 0 Å². The summed E-state index contributed by atoms with van der Waals surface area (Å²) >= 11 is 0.